The summed E-state index contributed by atoms with van der Waals surface area (Å²) < 4.78 is 7.51. The molecule has 7 N–H and O–H groups in total. The van der Waals surface area contributed by atoms with Crippen molar-refractivity contribution in [2.24, 2.45) is 5.73 Å². The summed E-state index contributed by atoms with van der Waals surface area (Å²) in [6.07, 6.45) is 4.71. The maximum atomic E-state index is 13.3. The summed E-state index contributed by atoms with van der Waals surface area (Å²) in [6, 6.07) is 14.9. The Labute approximate surface area is 227 Å². The van der Waals surface area contributed by atoms with Gasteiger partial charge in [-0.05, 0) is 43.7 Å². The maximum Gasteiger partial charge on any atom is 0.272 e. The van der Waals surface area contributed by atoms with Gasteiger partial charge in [-0.1, -0.05) is 37.3 Å². The van der Waals surface area contributed by atoms with Crippen LogP contribution in [0.2, 0.25) is 0 Å². The van der Waals surface area contributed by atoms with Crippen molar-refractivity contribution in [3.8, 4) is 5.75 Å². The Bertz CT molecular complexity index is 1510. The molecule has 2 aromatic heterocycles. The molecule has 0 spiro atoms. The van der Waals surface area contributed by atoms with Crippen LogP contribution < -0.4 is 26.8 Å². The van der Waals surface area contributed by atoms with Gasteiger partial charge in [-0.25, -0.2) is 9.97 Å². The molecular weight excluding hydrogens is 492 g/mol. The molecule has 2 aromatic carbocycles. The molecule has 0 fully saturated rings. The molecule has 0 bridgehead atoms. The third-order valence-electron chi connectivity index (χ3n) is 6.57. The lowest BCUT2D eigenvalue weighted by Gasteiger charge is -2.20. The quantitative estimate of drug-likeness (QED) is 0.135. The monoisotopic (exact) mass is 526 g/mol. The number of nitrogens with zero attached hydrogens (tertiary/aromatic N) is 3. The van der Waals surface area contributed by atoms with Gasteiger partial charge in [0.15, 0.2) is 0 Å². The zero-order valence-electron chi connectivity index (χ0n) is 22.2. The Morgan fingerprint density at radius 2 is 2.03 bits per heavy atom. The van der Waals surface area contributed by atoms with Crippen LogP contribution in [0.15, 0.2) is 67.5 Å². The number of hydrogen-bond donors (Lipinski definition) is 5. The van der Waals surface area contributed by atoms with E-state index in [-0.39, 0.29) is 23.5 Å². The van der Waals surface area contributed by atoms with Gasteiger partial charge >= 0.3 is 0 Å². The topological polar surface area (TPSA) is 157 Å². The highest BCUT2D eigenvalue weighted by Gasteiger charge is 2.21. The average molecular weight is 527 g/mol. The molecule has 202 valence electrons. The standard InChI is InChI=1S/C29H34N8O2/c1-4-14-37-22-9-7-6-8-18(22)15-23(37)29(38)36-21-11-10-19(16-24(21)39-3)26(31)25-27(32)33-17-34-28(25)35-20(5-2)12-13-30/h4,6-11,15-17,20,31H,1,5,12-14,30H2,2-3H3,(H,36,38)(H3,32,33,34,35). The number of nitrogen functional groups attached to an aromatic ring is 1. The highest BCUT2D eigenvalue weighted by Crippen LogP contribution is 2.30. The van der Waals surface area contributed by atoms with Crippen LogP contribution in [0.3, 0.4) is 0 Å². The minimum absolute atomic E-state index is 0.0830. The van der Waals surface area contributed by atoms with Crippen LogP contribution in [0.4, 0.5) is 17.3 Å². The Morgan fingerprint density at radius 3 is 2.74 bits per heavy atom. The zero-order valence-corrected chi connectivity index (χ0v) is 22.2. The Morgan fingerprint density at radius 1 is 1.23 bits per heavy atom. The van der Waals surface area contributed by atoms with Crippen LogP contribution in [-0.4, -0.2) is 45.9 Å². The second-order valence-electron chi connectivity index (χ2n) is 9.04. The largest absolute Gasteiger partial charge is 0.495 e. The number of anilines is 3. The molecule has 1 atom stereocenters. The number of benzene rings is 2. The molecular formula is C29H34N8O2. The number of aromatic nitrogens is 3. The molecule has 39 heavy (non-hydrogen) atoms. The summed E-state index contributed by atoms with van der Waals surface area (Å²) in [5.41, 5.74) is 14.9. The number of nitrogens with two attached hydrogens (primary N) is 2. The predicted octanol–water partition coefficient (Wildman–Crippen LogP) is 4.42. The molecule has 1 unspecified atom stereocenters. The minimum Gasteiger partial charge on any atom is -0.495 e. The van der Waals surface area contributed by atoms with E-state index in [1.54, 1.807) is 24.3 Å². The number of carbonyl (C=O) groups excluding carboxylic acids is 1. The molecule has 0 aliphatic heterocycles. The van der Waals surface area contributed by atoms with E-state index < -0.39 is 0 Å². The second-order valence-corrected chi connectivity index (χ2v) is 9.04. The lowest BCUT2D eigenvalue weighted by Crippen LogP contribution is -2.25. The summed E-state index contributed by atoms with van der Waals surface area (Å²) in [6.45, 7) is 6.90. The third kappa shape index (κ3) is 5.75. The molecule has 0 saturated carbocycles. The average Bonchev–Trinajstić information content (AvgIpc) is 3.31. The molecule has 4 aromatic rings. The molecule has 10 nitrogen and oxygen atoms in total. The highest BCUT2D eigenvalue weighted by atomic mass is 16.5. The fourth-order valence-corrected chi connectivity index (χ4v) is 4.53. The lowest BCUT2D eigenvalue weighted by molar-refractivity contribution is 0.101. The van der Waals surface area contributed by atoms with Crippen LogP contribution in [0.25, 0.3) is 10.9 Å². The smallest absolute Gasteiger partial charge is 0.272 e. The van der Waals surface area contributed by atoms with Crippen molar-refractivity contribution < 1.29 is 9.53 Å². The van der Waals surface area contributed by atoms with Crippen LogP contribution in [0.5, 0.6) is 5.75 Å². The van der Waals surface area contributed by atoms with Gasteiger partial charge < -0.3 is 31.4 Å². The van der Waals surface area contributed by atoms with Crippen molar-refractivity contribution >= 4 is 39.8 Å². The van der Waals surface area contributed by atoms with Crippen LogP contribution in [-0.2, 0) is 6.54 Å². The van der Waals surface area contributed by atoms with Gasteiger partial charge in [-0.3, -0.25) is 10.2 Å². The van der Waals surface area contributed by atoms with Gasteiger partial charge in [-0.15, -0.1) is 6.58 Å². The fraction of sp³-hybridized carbons (Fsp3) is 0.241. The molecule has 4 rings (SSSR count). The first kappa shape index (κ1) is 27.3. The highest BCUT2D eigenvalue weighted by molar-refractivity contribution is 6.17. The van der Waals surface area contributed by atoms with E-state index >= 15 is 0 Å². The Kier molecular flexibility index (Phi) is 8.57. The van der Waals surface area contributed by atoms with E-state index in [0.717, 1.165) is 23.7 Å². The molecule has 0 radical (unpaired) electrons. The number of amides is 1. The first-order valence-electron chi connectivity index (χ1n) is 12.8. The second kappa shape index (κ2) is 12.2. The summed E-state index contributed by atoms with van der Waals surface area (Å²) >= 11 is 0. The van der Waals surface area contributed by atoms with Crippen molar-refractivity contribution in [1.82, 2.24) is 14.5 Å². The maximum absolute atomic E-state index is 13.3. The van der Waals surface area contributed by atoms with Gasteiger partial charge in [-0.2, -0.15) is 0 Å². The van der Waals surface area contributed by atoms with Crippen molar-refractivity contribution in [3.63, 3.8) is 0 Å². The van der Waals surface area contributed by atoms with Crippen molar-refractivity contribution in [2.45, 2.75) is 32.4 Å². The summed E-state index contributed by atoms with van der Waals surface area (Å²) in [7, 11) is 1.51. The van der Waals surface area contributed by atoms with Gasteiger partial charge in [0.05, 0.1) is 24.1 Å². The Balaban J connectivity index is 1.64. The number of ether oxygens (including phenoxy) is 1. The SMILES string of the molecule is C=CCn1c(C(=O)Nc2ccc(C(=N)c3c(N)ncnc3NC(CC)CCN)cc2OC)cc2ccccc21. The van der Waals surface area contributed by atoms with Crippen LogP contribution in [0, 0.1) is 5.41 Å². The molecule has 2 heterocycles. The number of carbonyl (C=O) groups is 1. The zero-order chi connectivity index (χ0) is 27.9. The van der Waals surface area contributed by atoms with Gasteiger partial charge in [0.1, 0.15) is 29.4 Å². The van der Waals surface area contributed by atoms with Gasteiger partial charge in [0.2, 0.25) is 0 Å². The van der Waals surface area contributed by atoms with E-state index in [4.69, 9.17) is 21.6 Å². The summed E-state index contributed by atoms with van der Waals surface area (Å²) in [5, 5.41) is 16.2. The van der Waals surface area contributed by atoms with Gasteiger partial charge in [0, 0.05) is 29.1 Å². The number of para-hydroxylation sites is 1. The van der Waals surface area contributed by atoms with E-state index in [2.05, 4.69) is 34.1 Å². The molecule has 1 amide bonds. The first-order valence-corrected chi connectivity index (χ1v) is 12.8. The Hall–Kier alpha value is -4.70. The number of allylic oxidation sites excluding steroid dienone is 1. The molecule has 10 heteroatoms. The predicted molar refractivity (Wildman–Crippen MR) is 157 cm³/mol. The summed E-state index contributed by atoms with van der Waals surface area (Å²) in [4.78, 5) is 21.8. The molecule has 0 aliphatic rings. The number of hydrogen-bond acceptors (Lipinski definition) is 8. The van der Waals surface area contributed by atoms with E-state index in [0.29, 0.717) is 47.2 Å². The van der Waals surface area contributed by atoms with Crippen molar-refractivity contribution in [1.29, 1.82) is 5.41 Å². The lowest BCUT2D eigenvalue weighted by atomic mass is 10.0. The van der Waals surface area contributed by atoms with Crippen molar-refractivity contribution in [3.05, 3.63) is 84.3 Å². The van der Waals surface area contributed by atoms with Crippen molar-refractivity contribution in [2.75, 3.05) is 30.0 Å². The van der Waals surface area contributed by atoms with Crippen LogP contribution >= 0.6 is 0 Å². The van der Waals surface area contributed by atoms with Crippen LogP contribution in [0.1, 0.15) is 41.4 Å². The molecule has 0 saturated heterocycles. The van der Waals surface area contributed by atoms with E-state index in [1.807, 2.05) is 34.9 Å². The number of methoxy groups -OCH3 is 1. The van der Waals surface area contributed by atoms with E-state index in [1.165, 1.54) is 13.4 Å². The number of rotatable bonds is 12. The third-order valence-corrected chi connectivity index (χ3v) is 6.57. The minimum atomic E-state index is -0.285. The fourth-order valence-electron chi connectivity index (χ4n) is 4.53. The number of nitrogens with one attached hydrogen (secondary N) is 3. The molecule has 0 aliphatic carbocycles. The van der Waals surface area contributed by atoms with Gasteiger partial charge in [0.25, 0.3) is 5.91 Å². The number of fused-ring (bicyclic) bond motifs is 1. The van der Waals surface area contributed by atoms with E-state index in [9.17, 15) is 4.79 Å². The normalized spacial score (nSPS) is 11.7. The first-order chi connectivity index (χ1) is 18.9. The summed E-state index contributed by atoms with van der Waals surface area (Å²) in [5.74, 6) is 0.772.